The third-order valence-corrected chi connectivity index (χ3v) is 4.82. The van der Waals surface area contributed by atoms with Gasteiger partial charge in [-0.25, -0.2) is 0 Å². The number of hydrogen-bond donors (Lipinski definition) is 0. The van der Waals surface area contributed by atoms with Gasteiger partial charge in [-0.15, -0.1) is 0 Å². The molecule has 3 aromatic rings. The first-order chi connectivity index (χ1) is 13.3. The summed E-state index contributed by atoms with van der Waals surface area (Å²) in [5.74, 6) is 0.888. The molecule has 1 saturated heterocycles. The van der Waals surface area contributed by atoms with E-state index in [-0.39, 0.29) is 6.10 Å². The molecule has 0 radical (unpaired) electrons. The highest BCUT2D eigenvalue weighted by Gasteiger charge is 2.23. The second-order valence-electron chi connectivity index (χ2n) is 6.73. The maximum absolute atomic E-state index is 5.80. The van der Waals surface area contributed by atoms with Crippen LogP contribution in [-0.2, 0) is 4.74 Å². The molecule has 0 spiro atoms. The largest absolute Gasteiger partial charge is 0.491 e. The molecular formula is C25H24O2. The normalized spacial score (nSPS) is 16.6. The van der Waals surface area contributed by atoms with E-state index in [0.29, 0.717) is 6.61 Å². The summed E-state index contributed by atoms with van der Waals surface area (Å²) in [6.07, 6.45) is 1.24. The molecule has 0 saturated carbocycles. The van der Waals surface area contributed by atoms with Gasteiger partial charge in [-0.05, 0) is 46.4 Å². The standard InChI is InChI=1S/C25H24O2/c1-2-24(19-9-5-3-6-10-19)25(20-11-7-4-8-12-20)21-13-15-22(16-14-21)26-17-23-18-27-23/h3-16,23H,2,17-18H2,1H3/b25-24+. The Hall–Kier alpha value is -2.84. The molecule has 0 aromatic heterocycles. The smallest absolute Gasteiger partial charge is 0.119 e. The number of epoxide rings is 1. The van der Waals surface area contributed by atoms with Crippen LogP contribution in [0.15, 0.2) is 84.9 Å². The van der Waals surface area contributed by atoms with E-state index in [4.69, 9.17) is 9.47 Å². The van der Waals surface area contributed by atoms with Crippen LogP contribution in [-0.4, -0.2) is 19.3 Å². The lowest BCUT2D eigenvalue weighted by Gasteiger charge is -2.16. The molecule has 1 fully saturated rings. The average molecular weight is 356 g/mol. The van der Waals surface area contributed by atoms with E-state index in [2.05, 4.69) is 91.9 Å². The summed E-state index contributed by atoms with van der Waals surface area (Å²) >= 11 is 0. The van der Waals surface area contributed by atoms with Crippen molar-refractivity contribution in [2.75, 3.05) is 13.2 Å². The summed E-state index contributed by atoms with van der Waals surface area (Å²) in [4.78, 5) is 0. The van der Waals surface area contributed by atoms with Gasteiger partial charge in [0.15, 0.2) is 0 Å². The number of allylic oxidation sites excluding steroid dienone is 1. The van der Waals surface area contributed by atoms with Gasteiger partial charge in [0, 0.05) is 0 Å². The van der Waals surface area contributed by atoms with Gasteiger partial charge in [-0.3, -0.25) is 0 Å². The SMILES string of the molecule is CC/C(=C(/c1ccccc1)c1ccc(OCC2CO2)cc1)c1ccccc1. The minimum Gasteiger partial charge on any atom is -0.491 e. The van der Waals surface area contributed by atoms with Gasteiger partial charge in [0.05, 0.1) is 6.61 Å². The lowest BCUT2D eigenvalue weighted by molar-refractivity contribution is 0.263. The lowest BCUT2D eigenvalue weighted by Crippen LogP contribution is -2.04. The van der Waals surface area contributed by atoms with Gasteiger partial charge in [0.1, 0.15) is 18.5 Å². The van der Waals surface area contributed by atoms with Crippen molar-refractivity contribution in [3.8, 4) is 5.75 Å². The highest BCUT2D eigenvalue weighted by molar-refractivity contribution is 5.98. The van der Waals surface area contributed by atoms with E-state index >= 15 is 0 Å². The van der Waals surface area contributed by atoms with E-state index in [0.717, 1.165) is 18.8 Å². The Balaban J connectivity index is 1.75. The van der Waals surface area contributed by atoms with E-state index in [1.165, 1.54) is 27.8 Å². The maximum Gasteiger partial charge on any atom is 0.119 e. The van der Waals surface area contributed by atoms with Crippen molar-refractivity contribution in [1.29, 1.82) is 0 Å². The molecule has 1 unspecified atom stereocenters. The van der Waals surface area contributed by atoms with Crippen molar-refractivity contribution in [3.05, 3.63) is 102 Å². The van der Waals surface area contributed by atoms with Crippen LogP contribution in [0.3, 0.4) is 0 Å². The third kappa shape index (κ3) is 4.29. The molecule has 2 heteroatoms. The predicted molar refractivity (Wildman–Crippen MR) is 111 cm³/mol. The quantitative estimate of drug-likeness (QED) is 0.392. The molecule has 0 N–H and O–H groups in total. The highest BCUT2D eigenvalue weighted by atomic mass is 16.6. The third-order valence-electron chi connectivity index (χ3n) is 4.82. The van der Waals surface area contributed by atoms with E-state index in [1.54, 1.807) is 0 Å². The Bertz CT molecular complexity index is 892. The van der Waals surface area contributed by atoms with E-state index < -0.39 is 0 Å². The van der Waals surface area contributed by atoms with Crippen LogP contribution in [0, 0.1) is 0 Å². The number of hydrogen-bond acceptors (Lipinski definition) is 2. The van der Waals surface area contributed by atoms with Crippen LogP contribution in [0.4, 0.5) is 0 Å². The van der Waals surface area contributed by atoms with Crippen molar-refractivity contribution in [3.63, 3.8) is 0 Å². The zero-order chi connectivity index (χ0) is 18.5. The predicted octanol–water partition coefficient (Wildman–Crippen LogP) is 5.83. The van der Waals surface area contributed by atoms with Crippen LogP contribution in [0.5, 0.6) is 5.75 Å². The number of ether oxygens (including phenoxy) is 2. The molecule has 0 aliphatic carbocycles. The van der Waals surface area contributed by atoms with Crippen molar-refractivity contribution >= 4 is 11.1 Å². The van der Waals surface area contributed by atoms with Crippen molar-refractivity contribution in [2.24, 2.45) is 0 Å². The summed E-state index contributed by atoms with van der Waals surface area (Å²) in [5, 5.41) is 0. The Morgan fingerprint density at radius 3 is 1.93 bits per heavy atom. The highest BCUT2D eigenvalue weighted by Crippen LogP contribution is 2.34. The number of rotatable bonds is 7. The van der Waals surface area contributed by atoms with Crippen LogP contribution >= 0.6 is 0 Å². The van der Waals surface area contributed by atoms with E-state index in [1.807, 2.05) is 0 Å². The van der Waals surface area contributed by atoms with E-state index in [9.17, 15) is 0 Å². The molecule has 1 aliphatic rings. The second kappa shape index (κ2) is 8.24. The Morgan fingerprint density at radius 1 is 0.815 bits per heavy atom. The fourth-order valence-corrected chi connectivity index (χ4v) is 3.36. The molecule has 136 valence electrons. The first-order valence-electron chi connectivity index (χ1n) is 9.54. The zero-order valence-electron chi connectivity index (χ0n) is 15.6. The monoisotopic (exact) mass is 356 g/mol. The molecule has 1 heterocycles. The Kier molecular flexibility index (Phi) is 5.36. The fraction of sp³-hybridized carbons (Fsp3) is 0.200. The summed E-state index contributed by atoms with van der Waals surface area (Å²) < 4.78 is 11.0. The fourth-order valence-electron chi connectivity index (χ4n) is 3.36. The first kappa shape index (κ1) is 17.6. The summed E-state index contributed by atoms with van der Waals surface area (Å²) in [6, 6.07) is 29.7. The maximum atomic E-state index is 5.80. The minimum atomic E-state index is 0.272. The molecular weight excluding hydrogens is 332 g/mol. The van der Waals surface area contributed by atoms with Crippen LogP contribution < -0.4 is 4.74 Å². The average Bonchev–Trinajstić information content (AvgIpc) is 3.57. The van der Waals surface area contributed by atoms with Crippen LogP contribution in [0.2, 0.25) is 0 Å². The Morgan fingerprint density at radius 2 is 1.37 bits per heavy atom. The van der Waals surface area contributed by atoms with Crippen LogP contribution in [0.25, 0.3) is 11.1 Å². The molecule has 1 atom stereocenters. The second-order valence-corrected chi connectivity index (χ2v) is 6.73. The van der Waals surface area contributed by atoms with Gasteiger partial charge in [0.2, 0.25) is 0 Å². The van der Waals surface area contributed by atoms with Crippen molar-refractivity contribution in [1.82, 2.24) is 0 Å². The first-order valence-corrected chi connectivity index (χ1v) is 9.54. The van der Waals surface area contributed by atoms with Gasteiger partial charge in [-0.1, -0.05) is 79.7 Å². The molecule has 2 nitrogen and oxygen atoms in total. The summed E-state index contributed by atoms with van der Waals surface area (Å²) in [6.45, 7) is 3.67. The molecule has 4 rings (SSSR count). The molecule has 1 aliphatic heterocycles. The molecule has 0 bridgehead atoms. The lowest BCUT2D eigenvalue weighted by atomic mass is 9.88. The van der Waals surface area contributed by atoms with Gasteiger partial charge < -0.3 is 9.47 Å². The van der Waals surface area contributed by atoms with Gasteiger partial charge in [-0.2, -0.15) is 0 Å². The van der Waals surface area contributed by atoms with Crippen LogP contribution in [0.1, 0.15) is 30.0 Å². The minimum absolute atomic E-state index is 0.272. The van der Waals surface area contributed by atoms with Gasteiger partial charge in [0.25, 0.3) is 0 Å². The van der Waals surface area contributed by atoms with Gasteiger partial charge >= 0.3 is 0 Å². The topological polar surface area (TPSA) is 21.8 Å². The molecule has 3 aromatic carbocycles. The van der Waals surface area contributed by atoms with Crippen molar-refractivity contribution in [2.45, 2.75) is 19.4 Å². The number of benzene rings is 3. The summed E-state index contributed by atoms with van der Waals surface area (Å²) in [7, 11) is 0. The zero-order valence-corrected chi connectivity index (χ0v) is 15.6. The summed E-state index contributed by atoms with van der Waals surface area (Å²) in [5.41, 5.74) is 6.34. The van der Waals surface area contributed by atoms with Crippen molar-refractivity contribution < 1.29 is 9.47 Å². The Labute approximate surface area is 161 Å². The molecule has 27 heavy (non-hydrogen) atoms. The molecule has 0 amide bonds.